The van der Waals surface area contributed by atoms with Crippen LogP contribution in [0, 0.1) is 0 Å². The Morgan fingerprint density at radius 2 is 2.00 bits per heavy atom. The van der Waals surface area contributed by atoms with Gasteiger partial charge in [0.05, 0.1) is 11.8 Å². The molecule has 0 saturated carbocycles. The highest BCUT2D eigenvalue weighted by Crippen LogP contribution is 2.31. The number of nitrogens with zero attached hydrogens (tertiary/aromatic N) is 1. The van der Waals surface area contributed by atoms with Crippen LogP contribution >= 0.6 is 22.9 Å². The second-order valence-electron chi connectivity index (χ2n) is 3.72. The van der Waals surface area contributed by atoms with Gasteiger partial charge in [0.1, 0.15) is 9.88 Å². The van der Waals surface area contributed by atoms with Crippen LogP contribution in [0.2, 0.25) is 5.02 Å². The van der Waals surface area contributed by atoms with E-state index in [9.17, 15) is 9.90 Å². The molecule has 0 amide bonds. The van der Waals surface area contributed by atoms with E-state index in [-0.39, 0.29) is 10.6 Å². The topological polar surface area (TPSA) is 70.4 Å². The van der Waals surface area contributed by atoms with Gasteiger partial charge in [-0.15, -0.1) is 11.3 Å². The second-order valence-corrected chi connectivity index (χ2v) is 5.16. The van der Waals surface area contributed by atoms with Crippen molar-refractivity contribution in [3.63, 3.8) is 0 Å². The lowest BCUT2D eigenvalue weighted by molar-refractivity contribution is 0.0695. The smallest absolute Gasteiger partial charge is 0.347 e. The highest BCUT2D eigenvalue weighted by atomic mass is 35.5. The Bertz CT molecular complexity index is 578. The number of halogens is 1. The molecule has 2 aromatic rings. The normalized spacial score (nSPS) is 12.4. The van der Waals surface area contributed by atoms with Crippen molar-refractivity contribution >= 4 is 28.9 Å². The average molecular weight is 284 g/mol. The van der Waals surface area contributed by atoms with Gasteiger partial charge in [-0.2, -0.15) is 0 Å². The fraction of sp³-hybridized carbons (Fsp3) is 0.167. The molecule has 1 aromatic heterocycles. The van der Waals surface area contributed by atoms with Gasteiger partial charge in [-0.1, -0.05) is 23.7 Å². The zero-order chi connectivity index (χ0) is 13.3. The van der Waals surface area contributed by atoms with Crippen molar-refractivity contribution in [1.29, 1.82) is 0 Å². The van der Waals surface area contributed by atoms with Crippen molar-refractivity contribution < 1.29 is 15.0 Å². The maximum Gasteiger partial charge on any atom is 0.347 e. The van der Waals surface area contributed by atoms with E-state index < -0.39 is 12.1 Å². The Hall–Kier alpha value is -1.43. The first kappa shape index (κ1) is 13.0. The number of hydrogen-bond acceptors (Lipinski definition) is 4. The Morgan fingerprint density at radius 3 is 2.44 bits per heavy atom. The van der Waals surface area contributed by atoms with Crippen LogP contribution in [-0.2, 0) is 0 Å². The Balaban J connectivity index is 2.49. The predicted molar refractivity (Wildman–Crippen MR) is 70.2 cm³/mol. The lowest BCUT2D eigenvalue weighted by Crippen LogP contribution is -2.01. The molecular weight excluding hydrogens is 274 g/mol. The van der Waals surface area contributed by atoms with E-state index in [0.717, 1.165) is 16.9 Å². The number of aliphatic hydroxyl groups excluding tert-OH is 1. The molecule has 0 saturated heterocycles. The number of aromatic carboxylic acids is 1. The Labute approximate surface area is 112 Å². The van der Waals surface area contributed by atoms with Crippen molar-refractivity contribution in [3.05, 3.63) is 39.9 Å². The molecule has 4 nitrogen and oxygen atoms in total. The number of thiazole rings is 1. The van der Waals surface area contributed by atoms with Gasteiger partial charge in [0.15, 0.2) is 0 Å². The van der Waals surface area contributed by atoms with Gasteiger partial charge in [0.2, 0.25) is 0 Å². The maximum atomic E-state index is 11.1. The standard InChI is InChI=1S/C12H10ClNO3S/c1-6(15)9-10(12(16)17)18-11(14-9)7-2-4-8(13)5-3-7/h2-6,15H,1H3,(H,16,17). The van der Waals surface area contributed by atoms with Crippen LogP contribution in [0.5, 0.6) is 0 Å². The molecule has 0 aliphatic heterocycles. The van der Waals surface area contributed by atoms with E-state index in [1.54, 1.807) is 24.3 Å². The number of benzene rings is 1. The molecule has 0 bridgehead atoms. The van der Waals surface area contributed by atoms with Crippen molar-refractivity contribution in [1.82, 2.24) is 4.98 Å². The monoisotopic (exact) mass is 283 g/mol. The third-order valence-corrected chi connectivity index (χ3v) is 3.69. The molecule has 0 fully saturated rings. The van der Waals surface area contributed by atoms with Crippen molar-refractivity contribution in [2.24, 2.45) is 0 Å². The molecular formula is C12H10ClNO3S. The summed E-state index contributed by atoms with van der Waals surface area (Å²) >= 11 is 6.83. The van der Waals surface area contributed by atoms with Gasteiger partial charge in [-0.25, -0.2) is 9.78 Å². The summed E-state index contributed by atoms with van der Waals surface area (Å²) in [5.41, 5.74) is 0.969. The highest BCUT2D eigenvalue weighted by Gasteiger charge is 2.21. The van der Waals surface area contributed by atoms with E-state index in [1.165, 1.54) is 6.92 Å². The SMILES string of the molecule is CC(O)c1nc(-c2ccc(Cl)cc2)sc1C(=O)O. The molecule has 2 rings (SSSR count). The van der Waals surface area contributed by atoms with Crippen LogP contribution in [0.1, 0.15) is 28.4 Å². The van der Waals surface area contributed by atoms with Gasteiger partial charge < -0.3 is 10.2 Å². The van der Waals surface area contributed by atoms with Crippen molar-refractivity contribution in [3.8, 4) is 10.6 Å². The van der Waals surface area contributed by atoms with E-state index in [1.807, 2.05) is 0 Å². The number of aromatic nitrogens is 1. The molecule has 6 heteroatoms. The molecule has 1 aromatic carbocycles. The van der Waals surface area contributed by atoms with Gasteiger partial charge in [0.25, 0.3) is 0 Å². The molecule has 0 aliphatic rings. The molecule has 2 N–H and O–H groups in total. The van der Waals surface area contributed by atoms with Crippen LogP contribution in [0.3, 0.4) is 0 Å². The van der Waals surface area contributed by atoms with Crippen molar-refractivity contribution in [2.45, 2.75) is 13.0 Å². The molecule has 18 heavy (non-hydrogen) atoms. The van der Waals surface area contributed by atoms with Crippen LogP contribution in [-0.4, -0.2) is 21.2 Å². The number of rotatable bonds is 3. The molecule has 0 spiro atoms. The molecule has 0 radical (unpaired) electrons. The number of hydrogen-bond donors (Lipinski definition) is 2. The van der Waals surface area contributed by atoms with Gasteiger partial charge in [-0.05, 0) is 19.1 Å². The highest BCUT2D eigenvalue weighted by molar-refractivity contribution is 7.17. The number of aliphatic hydroxyl groups is 1. The zero-order valence-electron chi connectivity index (χ0n) is 9.42. The number of carboxylic acids is 1. The summed E-state index contributed by atoms with van der Waals surface area (Å²) in [5, 5.41) is 19.7. The van der Waals surface area contributed by atoms with E-state index >= 15 is 0 Å². The Morgan fingerprint density at radius 1 is 1.39 bits per heavy atom. The summed E-state index contributed by atoms with van der Waals surface area (Å²) in [7, 11) is 0. The van der Waals surface area contributed by atoms with Crippen LogP contribution < -0.4 is 0 Å². The Kier molecular flexibility index (Phi) is 3.65. The van der Waals surface area contributed by atoms with Crippen molar-refractivity contribution in [2.75, 3.05) is 0 Å². The summed E-state index contributed by atoms with van der Waals surface area (Å²) in [6, 6.07) is 6.94. The van der Waals surface area contributed by atoms with Crippen LogP contribution in [0.25, 0.3) is 10.6 Å². The third kappa shape index (κ3) is 2.53. The van der Waals surface area contributed by atoms with E-state index in [4.69, 9.17) is 16.7 Å². The molecule has 1 heterocycles. The number of carbonyl (C=O) groups is 1. The summed E-state index contributed by atoms with van der Waals surface area (Å²) in [6.07, 6.45) is -0.909. The maximum absolute atomic E-state index is 11.1. The van der Waals surface area contributed by atoms with E-state index in [2.05, 4.69) is 4.98 Å². The first-order valence-electron chi connectivity index (χ1n) is 5.17. The van der Waals surface area contributed by atoms with Crippen LogP contribution in [0.4, 0.5) is 0 Å². The predicted octanol–water partition coefficient (Wildman–Crippen LogP) is 3.22. The quantitative estimate of drug-likeness (QED) is 0.907. The fourth-order valence-electron chi connectivity index (χ4n) is 1.48. The molecule has 94 valence electrons. The number of carboxylic acid groups (broad SMARTS) is 1. The largest absolute Gasteiger partial charge is 0.477 e. The average Bonchev–Trinajstić information content (AvgIpc) is 2.75. The van der Waals surface area contributed by atoms with Gasteiger partial charge in [0, 0.05) is 10.6 Å². The summed E-state index contributed by atoms with van der Waals surface area (Å²) in [6.45, 7) is 1.49. The molecule has 1 atom stereocenters. The zero-order valence-corrected chi connectivity index (χ0v) is 11.0. The summed E-state index contributed by atoms with van der Waals surface area (Å²) in [5.74, 6) is -1.08. The summed E-state index contributed by atoms with van der Waals surface area (Å²) < 4.78 is 0. The lowest BCUT2D eigenvalue weighted by Gasteiger charge is -1.99. The lowest BCUT2D eigenvalue weighted by atomic mass is 10.2. The third-order valence-electron chi connectivity index (χ3n) is 2.33. The summed E-state index contributed by atoms with van der Waals surface area (Å²) in [4.78, 5) is 15.3. The minimum Gasteiger partial charge on any atom is -0.477 e. The first-order chi connectivity index (χ1) is 8.49. The minimum atomic E-state index is -1.08. The van der Waals surface area contributed by atoms with E-state index in [0.29, 0.717) is 10.0 Å². The second kappa shape index (κ2) is 5.06. The first-order valence-corrected chi connectivity index (χ1v) is 6.36. The minimum absolute atomic E-state index is 0.0648. The van der Waals surface area contributed by atoms with Gasteiger partial charge in [-0.3, -0.25) is 0 Å². The molecule has 0 aliphatic carbocycles. The fourth-order valence-corrected chi connectivity index (χ4v) is 2.61. The van der Waals surface area contributed by atoms with Crippen LogP contribution in [0.15, 0.2) is 24.3 Å². The van der Waals surface area contributed by atoms with Gasteiger partial charge >= 0.3 is 5.97 Å². The molecule has 1 unspecified atom stereocenters.